The summed E-state index contributed by atoms with van der Waals surface area (Å²) >= 11 is 6.03. The van der Waals surface area contributed by atoms with E-state index in [4.69, 9.17) is 21.4 Å². The Hall–Kier alpha value is -1.86. The van der Waals surface area contributed by atoms with Crippen molar-refractivity contribution < 1.29 is 4.52 Å². The Labute approximate surface area is 104 Å². The molecule has 0 spiro atoms. The molecule has 0 unspecified atom stereocenters. The van der Waals surface area contributed by atoms with Gasteiger partial charge in [-0.05, 0) is 18.6 Å². The summed E-state index contributed by atoms with van der Waals surface area (Å²) in [6, 6.07) is 9.41. The Bertz CT molecular complexity index is 545. The first-order valence-electron chi connectivity index (χ1n) is 5.25. The van der Waals surface area contributed by atoms with Gasteiger partial charge in [-0.15, -0.1) is 0 Å². The lowest BCUT2D eigenvalue weighted by Crippen LogP contribution is -1.86. The number of nitriles is 1. The fourth-order valence-corrected chi connectivity index (χ4v) is 1.65. The van der Waals surface area contributed by atoms with Crippen LogP contribution in [-0.4, -0.2) is 10.1 Å². The van der Waals surface area contributed by atoms with Crippen molar-refractivity contribution in [1.82, 2.24) is 10.1 Å². The molecule has 1 heterocycles. The van der Waals surface area contributed by atoms with E-state index < -0.39 is 0 Å². The molecule has 17 heavy (non-hydrogen) atoms. The zero-order valence-corrected chi connectivity index (χ0v) is 9.81. The smallest absolute Gasteiger partial charge is 0.226 e. The summed E-state index contributed by atoms with van der Waals surface area (Å²) in [5.74, 6) is 1.03. The first-order chi connectivity index (χ1) is 8.31. The summed E-state index contributed by atoms with van der Waals surface area (Å²) in [6.45, 7) is 0. The van der Waals surface area contributed by atoms with Crippen molar-refractivity contribution in [3.05, 3.63) is 35.2 Å². The number of unbranched alkanes of at least 4 members (excludes halogenated alkanes) is 1. The van der Waals surface area contributed by atoms with E-state index in [2.05, 4.69) is 16.2 Å². The highest BCUT2D eigenvalue weighted by Crippen LogP contribution is 2.24. The number of aryl methyl sites for hydroxylation is 1. The second kappa shape index (κ2) is 5.46. The monoisotopic (exact) mass is 247 g/mol. The van der Waals surface area contributed by atoms with Gasteiger partial charge in [0.15, 0.2) is 0 Å². The fraction of sp³-hybridized carbons (Fsp3) is 0.250. The van der Waals surface area contributed by atoms with Crippen LogP contribution in [0.1, 0.15) is 18.7 Å². The molecule has 2 aromatic rings. The lowest BCUT2D eigenvalue weighted by atomic mass is 10.2. The molecular weight excluding hydrogens is 238 g/mol. The number of aromatic nitrogens is 2. The Kier molecular flexibility index (Phi) is 3.73. The predicted octanol–water partition coefficient (Wildman–Crippen LogP) is 3.24. The molecule has 5 heteroatoms. The number of hydrogen-bond acceptors (Lipinski definition) is 4. The van der Waals surface area contributed by atoms with Gasteiger partial charge in [0.1, 0.15) is 0 Å². The molecule has 0 fully saturated rings. The molecule has 0 aliphatic heterocycles. The van der Waals surface area contributed by atoms with Gasteiger partial charge < -0.3 is 4.52 Å². The van der Waals surface area contributed by atoms with Crippen LogP contribution < -0.4 is 0 Å². The van der Waals surface area contributed by atoms with Crippen LogP contribution in [0.15, 0.2) is 28.8 Å². The van der Waals surface area contributed by atoms with E-state index in [9.17, 15) is 0 Å². The quantitative estimate of drug-likeness (QED) is 0.778. The number of benzene rings is 1. The summed E-state index contributed by atoms with van der Waals surface area (Å²) in [6.07, 6.45) is 1.83. The van der Waals surface area contributed by atoms with Gasteiger partial charge in [0.2, 0.25) is 11.7 Å². The van der Waals surface area contributed by atoms with E-state index in [1.54, 1.807) is 6.07 Å². The van der Waals surface area contributed by atoms with E-state index in [0.717, 1.165) is 12.0 Å². The molecule has 0 saturated heterocycles. The Morgan fingerprint density at radius 1 is 1.35 bits per heavy atom. The molecule has 0 aliphatic rings. The van der Waals surface area contributed by atoms with Gasteiger partial charge >= 0.3 is 0 Å². The fourth-order valence-electron chi connectivity index (χ4n) is 1.43. The molecule has 1 aromatic heterocycles. The average molecular weight is 248 g/mol. The lowest BCUT2D eigenvalue weighted by molar-refractivity contribution is 0.376. The summed E-state index contributed by atoms with van der Waals surface area (Å²) in [5.41, 5.74) is 0.754. The molecule has 0 aliphatic carbocycles. The van der Waals surface area contributed by atoms with Crippen molar-refractivity contribution in [3.8, 4) is 17.5 Å². The van der Waals surface area contributed by atoms with Gasteiger partial charge in [-0.3, -0.25) is 0 Å². The molecule has 4 nitrogen and oxygen atoms in total. The normalized spacial score (nSPS) is 10.1. The van der Waals surface area contributed by atoms with Gasteiger partial charge in [-0.25, -0.2) is 0 Å². The third kappa shape index (κ3) is 2.83. The average Bonchev–Trinajstić information content (AvgIpc) is 2.79. The van der Waals surface area contributed by atoms with Crippen LogP contribution >= 0.6 is 11.6 Å². The summed E-state index contributed by atoms with van der Waals surface area (Å²) in [7, 11) is 0. The summed E-state index contributed by atoms with van der Waals surface area (Å²) in [4.78, 5) is 4.24. The predicted molar refractivity (Wildman–Crippen MR) is 63.3 cm³/mol. The molecule has 0 amide bonds. The van der Waals surface area contributed by atoms with Crippen molar-refractivity contribution in [3.63, 3.8) is 0 Å². The second-order valence-corrected chi connectivity index (χ2v) is 3.91. The molecule has 0 saturated carbocycles. The van der Waals surface area contributed by atoms with Crippen molar-refractivity contribution >= 4 is 11.6 Å². The number of nitrogens with zero attached hydrogens (tertiary/aromatic N) is 3. The van der Waals surface area contributed by atoms with Crippen LogP contribution in [0.5, 0.6) is 0 Å². The van der Waals surface area contributed by atoms with Gasteiger partial charge in [-0.2, -0.15) is 10.2 Å². The minimum Gasteiger partial charge on any atom is -0.339 e. The maximum atomic E-state index is 8.43. The molecule has 0 bridgehead atoms. The van der Waals surface area contributed by atoms with Crippen LogP contribution in [0.25, 0.3) is 11.4 Å². The van der Waals surface area contributed by atoms with Crippen molar-refractivity contribution in [2.24, 2.45) is 0 Å². The maximum absolute atomic E-state index is 8.43. The van der Waals surface area contributed by atoms with E-state index >= 15 is 0 Å². The number of halogens is 1. The number of rotatable bonds is 4. The summed E-state index contributed by atoms with van der Waals surface area (Å²) in [5, 5.41) is 12.9. The van der Waals surface area contributed by atoms with Crippen molar-refractivity contribution in [2.45, 2.75) is 19.3 Å². The highest BCUT2D eigenvalue weighted by Gasteiger charge is 2.10. The third-order valence-electron chi connectivity index (χ3n) is 2.26. The first-order valence-corrected chi connectivity index (χ1v) is 5.63. The zero-order valence-electron chi connectivity index (χ0n) is 9.06. The molecule has 0 atom stereocenters. The Balaban J connectivity index is 2.14. The van der Waals surface area contributed by atoms with Gasteiger partial charge in [0.05, 0.1) is 11.1 Å². The molecule has 1 aromatic carbocycles. The maximum Gasteiger partial charge on any atom is 0.226 e. The molecule has 0 radical (unpaired) electrons. The van der Waals surface area contributed by atoms with Crippen LogP contribution in [0, 0.1) is 11.3 Å². The van der Waals surface area contributed by atoms with E-state index in [-0.39, 0.29) is 0 Å². The van der Waals surface area contributed by atoms with Crippen LogP contribution in [0.3, 0.4) is 0 Å². The largest absolute Gasteiger partial charge is 0.339 e. The first kappa shape index (κ1) is 11.6. The third-order valence-corrected chi connectivity index (χ3v) is 2.59. The molecule has 0 N–H and O–H groups in total. The van der Waals surface area contributed by atoms with Gasteiger partial charge in [-0.1, -0.05) is 28.9 Å². The van der Waals surface area contributed by atoms with Gasteiger partial charge in [0.25, 0.3) is 0 Å². The van der Waals surface area contributed by atoms with E-state index in [0.29, 0.717) is 29.6 Å². The SMILES string of the molecule is N#CCCCc1nc(-c2ccccc2Cl)no1. The van der Waals surface area contributed by atoms with Crippen LogP contribution in [0.2, 0.25) is 5.02 Å². The zero-order chi connectivity index (χ0) is 12.1. The lowest BCUT2D eigenvalue weighted by Gasteiger charge is -1.95. The van der Waals surface area contributed by atoms with E-state index in [1.165, 1.54) is 0 Å². The standard InChI is InChI=1S/C12H10ClN3O/c13-10-6-2-1-5-9(10)12-15-11(17-16-12)7-3-4-8-14/h1-2,5-6H,3-4,7H2. The topological polar surface area (TPSA) is 62.7 Å². The number of hydrogen-bond donors (Lipinski definition) is 0. The van der Waals surface area contributed by atoms with E-state index in [1.807, 2.05) is 18.2 Å². The van der Waals surface area contributed by atoms with Crippen LogP contribution in [0.4, 0.5) is 0 Å². The van der Waals surface area contributed by atoms with Crippen LogP contribution in [-0.2, 0) is 6.42 Å². The second-order valence-electron chi connectivity index (χ2n) is 3.50. The van der Waals surface area contributed by atoms with Crippen molar-refractivity contribution in [2.75, 3.05) is 0 Å². The van der Waals surface area contributed by atoms with Gasteiger partial charge in [0, 0.05) is 18.4 Å². The summed E-state index contributed by atoms with van der Waals surface area (Å²) < 4.78 is 5.09. The molecule has 86 valence electrons. The highest BCUT2D eigenvalue weighted by molar-refractivity contribution is 6.33. The minimum absolute atomic E-state index is 0.488. The molecule has 2 rings (SSSR count). The van der Waals surface area contributed by atoms with Crippen molar-refractivity contribution in [1.29, 1.82) is 5.26 Å². The Morgan fingerprint density at radius 2 is 2.18 bits per heavy atom. The Morgan fingerprint density at radius 3 is 2.94 bits per heavy atom. The molecular formula is C12H10ClN3O. The minimum atomic E-state index is 0.488. The highest BCUT2D eigenvalue weighted by atomic mass is 35.5.